The van der Waals surface area contributed by atoms with Crippen molar-refractivity contribution >= 4 is 23.2 Å². The van der Waals surface area contributed by atoms with Gasteiger partial charge in [-0.2, -0.15) is 0 Å². The number of fused-ring (bicyclic) bond motifs is 1. The van der Waals surface area contributed by atoms with E-state index in [0.29, 0.717) is 33.7 Å². The third kappa shape index (κ3) is 3.82. The zero-order chi connectivity index (χ0) is 22.8. The highest BCUT2D eigenvalue weighted by Crippen LogP contribution is 2.45. The number of nitrogens with zero attached hydrogens (tertiary/aromatic N) is 1. The van der Waals surface area contributed by atoms with E-state index in [1.165, 1.54) is 0 Å². The number of carbonyl (C=O) groups excluding carboxylic acids is 1. The molecule has 0 spiro atoms. The van der Waals surface area contributed by atoms with Crippen molar-refractivity contribution in [1.29, 1.82) is 0 Å². The number of carbonyl (C=O) groups is 1. The Balaban J connectivity index is 1.97. The highest BCUT2D eigenvalue weighted by atomic mass is 35.5. The Morgan fingerprint density at radius 1 is 0.812 bits per heavy atom. The van der Waals surface area contributed by atoms with E-state index in [1.54, 1.807) is 45.5 Å². The molecule has 166 valence electrons. The lowest BCUT2D eigenvalue weighted by molar-refractivity contribution is -0.118. The molecule has 0 radical (unpaired) electrons. The van der Waals surface area contributed by atoms with Crippen LogP contribution in [0.5, 0.6) is 23.0 Å². The van der Waals surface area contributed by atoms with E-state index in [-0.39, 0.29) is 12.3 Å². The fraction of sp³-hybridized carbons (Fsp3) is 0.240. The third-order valence-electron chi connectivity index (χ3n) is 5.62. The lowest BCUT2D eigenvalue weighted by Gasteiger charge is -2.38. The van der Waals surface area contributed by atoms with Gasteiger partial charge in [-0.1, -0.05) is 23.7 Å². The molecule has 1 aliphatic rings. The molecule has 1 aliphatic heterocycles. The van der Waals surface area contributed by atoms with Crippen molar-refractivity contribution in [2.75, 3.05) is 33.3 Å². The first kappa shape index (κ1) is 21.8. The van der Waals surface area contributed by atoms with Crippen LogP contribution in [0.2, 0.25) is 5.02 Å². The average Bonchev–Trinajstić information content (AvgIpc) is 2.81. The number of anilines is 1. The Labute approximate surface area is 192 Å². The molecule has 6 nitrogen and oxygen atoms in total. The summed E-state index contributed by atoms with van der Waals surface area (Å²) in [5.41, 5.74) is 3.40. The van der Waals surface area contributed by atoms with E-state index in [4.69, 9.17) is 30.5 Å². The fourth-order valence-corrected chi connectivity index (χ4v) is 4.33. The van der Waals surface area contributed by atoms with Gasteiger partial charge in [-0.25, -0.2) is 0 Å². The molecule has 3 aromatic rings. The summed E-state index contributed by atoms with van der Waals surface area (Å²) in [6.45, 7) is 0. The number of methoxy groups -OCH3 is 4. The monoisotopic (exact) mass is 453 g/mol. The number of ether oxygens (including phenoxy) is 4. The molecule has 1 amide bonds. The quantitative estimate of drug-likeness (QED) is 0.522. The van der Waals surface area contributed by atoms with Crippen molar-refractivity contribution in [3.05, 3.63) is 76.3 Å². The van der Waals surface area contributed by atoms with Crippen LogP contribution < -0.4 is 23.8 Å². The van der Waals surface area contributed by atoms with Crippen molar-refractivity contribution < 1.29 is 23.7 Å². The van der Waals surface area contributed by atoms with E-state index < -0.39 is 6.04 Å². The average molecular weight is 454 g/mol. The molecule has 0 N–H and O–H groups in total. The number of rotatable bonds is 6. The van der Waals surface area contributed by atoms with Gasteiger partial charge in [-0.05, 0) is 59.2 Å². The number of benzene rings is 3. The summed E-state index contributed by atoms with van der Waals surface area (Å²) in [6.07, 6.45) is 0.228. The molecule has 0 saturated heterocycles. The molecular formula is C25H24ClNO5. The fourth-order valence-electron chi connectivity index (χ4n) is 4.15. The van der Waals surface area contributed by atoms with Gasteiger partial charge in [0.2, 0.25) is 5.91 Å². The van der Waals surface area contributed by atoms with Crippen molar-refractivity contribution in [1.82, 2.24) is 0 Å². The molecule has 4 rings (SSSR count). The van der Waals surface area contributed by atoms with Gasteiger partial charge in [0.15, 0.2) is 23.0 Å². The smallest absolute Gasteiger partial charge is 0.232 e. The Morgan fingerprint density at radius 3 is 2.12 bits per heavy atom. The van der Waals surface area contributed by atoms with Gasteiger partial charge < -0.3 is 23.8 Å². The second kappa shape index (κ2) is 9.01. The maximum absolute atomic E-state index is 13.4. The van der Waals surface area contributed by atoms with Crippen molar-refractivity contribution in [2.24, 2.45) is 0 Å². The standard InChI is InChI=1S/C25H24ClNO5/c1-29-20-9-8-15(10-21(20)30-2)25-19-14-23(32-4)22(31-3)11-16(19)12-24(28)27(25)18-7-5-6-17(26)13-18/h5-11,13-14,25H,12H2,1-4H3/t25-/m1/s1. The summed E-state index contributed by atoms with van der Waals surface area (Å²) in [5, 5.41) is 0.555. The maximum Gasteiger partial charge on any atom is 0.232 e. The van der Waals surface area contributed by atoms with Crippen LogP contribution >= 0.6 is 11.6 Å². The van der Waals surface area contributed by atoms with Crippen LogP contribution in [0.3, 0.4) is 0 Å². The number of hydrogen-bond acceptors (Lipinski definition) is 5. The molecule has 32 heavy (non-hydrogen) atoms. The summed E-state index contributed by atoms with van der Waals surface area (Å²) in [7, 11) is 6.36. The van der Waals surface area contributed by atoms with Crippen LogP contribution in [0.15, 0.2) is 54.6 Å². The van der Waals surface area contributed by atoms with Crippen LogP contribution in [0, 0.1) is 0 Å². The number of amides is 1. The van der Waals surface area contributed by atoms with Gasteiger partial charge in [0, 0.05) is 10.7 Å². The third-order valence-corrected chi connectivity index (χ3v) is 5.85. The molecular weight excluding hydrogens is 430 g/mol. The SMILES string of the molecule is COc1ccc([C@@H]2c3cc(OC)c(OC)cc3CC(=O)N2c2cccc(Cl)c2)cc1OC. The Morgan fingerprint density at radius 2 is 1.47 bits per heavy atom. The van der Waals surface area contributed by atoms with Gasteiger partial charge in [-0.15, -0.1) is 0 Å². The second-order valence-corrected chi connectivity index (χ2v) is 7.78. The van der Waals surface area contributed by atoms with E-state index in [1.807, 2.05) is 42.5 Å². The summed E-state index contributed by atoms with van der Waals surface area (Å²) in [6, 6.07) is 16.3. The van der Waals surface area contributed by atoms with Crippen LogP contribution in [0.4, 0.5) is 5.69 Å². The number of halogens is 1. The molecule has 1 heterocycles. The van der Waals surface area contributed by atoms with Crippen molar-refractivity contribution in [2.45, 2.75) is 12.5 Å². The summed E-state index contributed by atoms with van der Waals surface area (Å²) in [5.74, 6) is 2.32. The van der Waals surface area contributed by atoms with E-state index in [9.17, 15) is 4.79 Å². The minimum atomic E-state index is -0.427. The largest absolute Gasteiger partial charge is 0.493 e. The predicted octanol–water partition coefficient (Wildman–Crippen LogP) is 5.05. The first-order valence-electron chi connectivity index (χ1n) is 10.0. The first-order valence-corrected chi connectivity index (χ1v) is 10.4. The normalized spacial score (nSPS) is 15.2. The molecule has 3 aromatic carbocycles. The number of hydrogen-bond donors (Lipinski definition) is 0. The molecule has 7 heteroatoms. The lowest BCUT2D eigenvalue weighted by Crippen LogP contribution is -2.41. The van der Waals surface area contributed by atoms with Crippen LogP contribution in [0.1, 0.15) is 22.7 Å². The molecule has 0 fully saturated rings. The summed E-state index contributed by atoms with van der Waals surface area (Å²) < 4.78 is 22.0. The van der Waals surface area contributed by atoms with Gasteiger partial charge in [0.1, 0.15) is 0 Å². The Kier molecular flexibility index (Phi) is 6.15. The molecule has 0 unspecified atom stereocenters. The topological polar surface area (TPSA) is 57.2 Å². The zero-order valence-electron chi connectivity index (χ0n) is 18.3. The van der Waals surface area contributed by atoms with Crippen LogP contribution in [-0.4, -0.2) is 34.3 Å². The highest BCUT2D eigenvalue weighted by Gasteiger charge is 2.36. The lowest BCUT2D eigenvalue weighted by atomic mass is 9.86. The zero-order valence-corrected chi connectivity index (χ0v) is 19.1. The van der Waals surface area contributed by atoms with Crippen molar-refractivity contribution in [3.63, 3.8) is 0 Å². The van der Waals surface area contributed by atoms with Gasteiger partial charge >= 0.3 is 0 Å². The molecule has 0 aliphatic carbocycles. The van der Waals surface area contributed by atoms with E-state index in [0.717, 1.165) is 16.7 Å². The van der Waals surface area contributed by atoms with Crippen molar-refractivity contribution in [3.8, 4) is 23.0 Å². The molecule has 1 atom stereocenters. The minimum absolute atomic E-state index is 0.0493. The molecule has 0 aromatic heterocycles. The van der Waals surface area contributed by atoms with Crippen LogP contribution in [-0.2, 0) is 11.2 Å². The second-order valence-electron chi connectivity index (χ2n) is 7.34. The highest BCUT2D eigenvalue weighted by molar-refractivity contribution is 6.31. The van der Waals surface area contributed by atoms with Crippen LogP contribution in [0.25, 0.3) is 0 Å². The first-order chi connectivity index (χ1) is 15.5. The van der Waals surface area contributed by atoms with E-state index >= 15 is 0 Å². The summed E-state index contributed by atoms with van der Waals surface area (Å²) in [4.78, 5) is 15.2. The molecule has 0 bridgehead atoms. The summed E-state index contributed by atoms with van der Waals surface area (Å²) >= 11 is 6.27. The van der Waals surface area contributed by atoms with Gasteiger partial charge in [-0.3, -0.25) is 4.79 Å². The van der Waals surface area contributed by atoms with Gasteiger partial charge in [0.25, 0.3) is 0 Å². The predicted molar refractivity (Wildman–Crippen MR) is 124 cm³/mol. The van der Waals surface area contributed by atoms with Gasteiger partial charge in [0.05, 0.1) is 40.9 Å². The minimum Gasteiger partial charge on any atom is -0.493 e. The maximum atomic E-state index is 13.4. The molecule has 0 saturated carbocycles. The Bertz CT molecular complexity index is 1160. The Hall–Kier alpha value is -3.38. The van der Waals surface area contributed by atoms with E-state index in [2.05, 4.69) is 0 Å².